The normalized spacial score (nSPS) is 20.7. The fraction of sp³-hybridized carbons (Fsp3) is 0.621. The number of likely N-dealkylation sites (tertiary alicyclic amines) is 1. The first-order valence-corrected chi connectivity index (χ1v) is 29.8. The predicted octanol–water partition coefficient (Wildman–Crippen LogP) is 14.0. The lowest BCUT2D eigenvalue weighted by Gasteiger charge is -2.43. The van der Waals surface area contributed by atoms with Crippen molar-refractivity contribution in [3.8, 4) is 34.5 Å². The van der Waals surface area contributed by atoms with E-state index < -0.39 is 30.7 Å². The van der Waals surface area contributed by atoms with Gasteiger partial charge in [0.05, 0.1) is 29.4 Å². The fourth-order valence-electron chi connectivity index (χ4n) is 13.0. The van der Waals surface area contributed by atoms with Gasteiger partial charge in [0.25, 0.3) is 0 Å². The Hall–Kier alpha value is -4.66. The topological polar surface area (TPSA) is 93.2 Å². The number of nitrogens with zero attached hydrogens (tertiary/aromatic N) is 6. The smallest absolute Gasteiger partial charge is 0.410 e. The van der Waals surface area contributed by atoms with E-state index in [1.54, 1.807) is 18.3 Å². The van der Waals surface area contributed by atoms with Gasteiger partial charge >= 0.3 is 21.9 Å². The molecule has 3 fully saturated rings. The molecule has 0 spiro atoms. The van der Waals surface area contributed by atoms with E-state index in [2.05, 4.69) is 104 Å². The summed E-state index contributed by atoms with van der Waals surface area (Å²) in [6, 6.07) is 6.44. The first-order valence-electron chi connectivity index (χ1n) is 26.7. The van der Waals surface area contributed by atoms with Gasteiger partial charge in [-0.25, -0.2) is 18.0 Å². The Kier molecular flexibility index (Phi) is 16.5. The Balaban J connectivity index is 1.45. The third-order valence-corrected chi connectivity index (χ3v) is 25.3. The zero-order chi connectivity index (χ0) is 53.7. The highest BCUT2D eigenvalue weighted by molar-refractivity contribution is 6.90. The summed E-state index contributed by atoms with van der Waals surface area (Å²) >= 11 is 0. The van der Waals surface area contributed by atoms with Gasteiger partial charge in [0.15, 0.2) is 5.82 Å². The molecule has 3 atom stereocenters. The van der Waals surface area contributed by atoms with Crippen LogP contribution in [0.4, 0.5) is 23.8 Å². The zero-order valence-electron chi connectivity index (χ0n) is 46.7. The molecule has 4 aromatic rings. The number of fused-ring (bicyclic) bond motifs is 4. The molecular weight excluding hydrogens is 958 g/mol. The van der Waals surface area contributed by atoms with Crippen molar-refractivity contribution in [2.75, 3.05) is 44.7 Å². The molecule has 15 heteroatoms. The second-order valence-corrected chi connectivity index (χ2v) is 31.3. The zero-order valence-corrected chi connectivity index (χ0v) is 48.7. The van der Waals surface area contributed by atoms with E-state index in [0.717, 1.165) is 12.8 Å². The van der Waals surface area contributed by atoms with Gasteiger partial charge in [0.1, 0.15) is 48.9 Å². The average Bonchev–Trinajstić information content (AvgIpc) is 3.57. The van der Waals surface area contributed by atoms with Crippen molar-refractivity contribution in [1.82, 2.24) is 24.8 Å². The molecule has 10 nitrogen and oxygen atoms in total. The molecule has 0 saturated carbocycles. The van der Waals surface area contributed by atoms with E-state index in [1.807, 2.05) is 45.7 Å². The average molecular weight is 1040 g/mol. The van der Waals surface area contributed by atoms with Crippen LogP contribution in [0.5, 0.6) is 11.8 Å². The number of hydrogen-bond acceptors (Lipinski definition) is 9. The first-order chi connectivity index (χ1) is 34.2. The van der Waals surface area contributed by atoms with Crippen molar-refractivity contribution in [2.24, 2.45) is 23.2 Å². The summed E-state index contributed by atoms with van der Waals surface area (Å²) < 4.78 is 68.8. The minimum absolute atomic E-state index is 0.0336. The highest BCUT2D eigenvalue weighted by Gasteiger charge is 2.47. The second kappa shape index (κ2) is 21.5. The van der Waals surface area contributed by atoms with Crippen LogP contribution in [0.2, 0.25) is 21.7 Å². The molecule has 3 aliphatic rings. The lowest BCUT2D eigenvalue weighted by Crippen LogP contribution is -2.57. The number of piperidine rings is 1. The summed E-state index contributed by atoms with van der Waals surface area (Å²) in [6.07, 6.45) is 3.99. The number of carbonyl (C=O) groups is 1. The SMILES string of the molecule is CC(C)C([Si]Oc1cc(-c2ncc3c(N4C[C@H]5CC[C@@H](C4)N5C(=O)OC(C)(C)C)nc(OC[C@]4(C)CN(C)CC/C4=C\F)nc3c2F)c2c(C#C[Si](C(C)C)(C(C)C)C(C)C)c(F)ccc2c1)(C(C)C)C(C)C. The van der Waals surface area contributed by atoms with Gasteiger partial charge in [0, 0.05) is 53.8 Å². The molecule has 73 heavy (non-hydrogen) atoms. The van der Waals surface area contributed by atoms with Crippen LogP contribution in [-0.4, -0.2) is 106 Å². The molecule has 0 unspecified atom stereocenters. The summed E-state index contributed by atoms with van der Waals surface area (Å²) in [7, 11) is -0.305. The maximum absolute atomic E-state index is 18.4. The third-order valence-electron chi connectivity index (χ3n) is 16.6. The number of halogens is 3. The van der Waals surface area contributed by atoms with Crippen LogP contribution >= 0.6 is 0 Å². The Morgan fingerprint density at radius 2 is 1.55 bits per heavy atom. The van der Waals surface area contributed by atoms with Crippen molar-refractivity contribution in [1.29, 1.82) is 0 Å². The third kappa shape index (κ3) is 10.8. The van der Waals surface area contributed by atoms with Crippen molar-refractivity contribution < 1.29 is 31.9 Å². The van der Waals surface area contributed by atoms with Crippen LogP contribution in [-0.2, 0) is 4.74 Å². The number of amides is 1. The molecule has 2 radical (unpaired) electrons. The maximum atomic E-state index is 18.4. The monoisotopic (exact) mass is 1040 g/mol. The van der Waals surface area contributed by atoms with Gasteiger partial charge in [-0.05, 0) is 111 Å². The van der Waals surface area contributed by atoms with Crippen molar-refractivity contribution in [3.63, 3.8) is 0 Å². The Morgan fingerprint density at radius 1 is 0.932 bits per heavy atom. The molecule has 2 bridgehead atoms. The van der Waals surface area contributed by atoms with Crippen LogP contribution < -0.4 is 14.1 Å². The quantitative estimate of drug-likeness (QED) is 0.0904. The van der Waals surface area contributed by atoms with E-state index >= 15 is 8.78 Å². The van der Waals surface area contributed by atoms with Crippen LogP contribution in [0, 0.1) is 46.3 Å². The van der Waals surface area contributed by atoms with Crippen molar-refractivity contribution in [3.05, 3.63) is 59.6 Å². The Bertz CT molecular complexity index is 2730. The fourth-order valence-corrected chi connectivity index (χ4v) is 19.4. The maximum Gasteiger partial charge on any atom is 0.410 e. The van der Waals surface area contributed by atoms with Crippen LogP contribution in [0.1, 0.15) is 136 Å². The molecule has 7 rings (SSSR count). The van der Waals surface area contributed by atoms with E-state index in [0.29, 0.717) is 112 Å². The van der Waals surface area contributed by atoms with Crippen molar-refractivity contribution in [2.45, 2.75) is 169 Å². The number of ether oxygens (including phenoxy) is 2. The number of hydrogen-bond donors (Lipinski definition) is 0. The number of pyridine rings is 1. The summed E-state index contributed by atoms with van der Waals surface area (Å²) in [4.78, 5) is 34.4. The number of anilines is 1. The van der Waals surface area contributed by atoms with Crippen LogP contribution in [0.25, 0.3) is 32.9 Å². The Morgan fingerprint density at radius 3 is 2.11 bits per heavy atom. The molecule has 1 amide bonds. The van der Waals surface area contributed by atoms with Gasteiger partial charge in [-0.2, -0.15) is 9.97 Å². The molecule has 3 saturated heterocycles. The van der Waals surface area contributed by atoms with Crippen LogP contribution in [0.3, 0.4) is 0 Å². The lowest BCUT2D eigenvalue weighted by atomic mass is 9.76. The molecule has 3 aliphatic heterocycles. The molecule has 5 heterocycles. The predicted molar refractivity (Wildman–Crippen MR) is 294 cm³/mol. The van der Waals surface area contributed by atoms with E-state index in [9.17, 15) is 9.18 Å². The lowest BCUT2D eigenvalue weighted by molar-refractivity contribution is 0.0122. The summed E-state index contributed by atoms with van der Waals surface area (Å²) in [5.74, 6) is 4.01. The molecule has 2 aromatic carbocycles. The standard InChI is InChI=1S/C58H81F3N6O4Si2/c1-34(2)58(35(3)4,36(5)6)72-71-44-26-40-18-21-48(60)45(23-25-73(37(7)8,38(9)10)39(11)12)49(40)46(27-44)51-50(61)52-47(29-62-51)53(64-54(63-52)69-33-57(16)32-65(17)24-22-41(57)28-59)66-30-42-19-20-43(31-66)67(42)55(68)70-56(13,14)15/h18,21,26-29,34-39,42-43H,19-20,22,24,30-33H2,1-17H3/b41-28+/t42-,43+,57-/m0/s1. The summed E-state index contributed by atoms with van der Waals surface area (Å²) in [5, 5.41) is 1.28. The first kappa shape index (κ1) is 56.1. The van der Waals surface area contributed by atoms with Crippen LogP contribution in [0.15, 0.2) is 42.4 Å². The minimum atomic E-state index is -2.37. The number of piperazine rings is 1. The van der Waals surface area contributed by atoms with Gasteiger partial charge < -0.3 is 23.7 Å². The number of rotatable bonds is 14. The molecule has 0 N–H and O–H groups in total. The van der Waals surface area contributed by atoms with Gasteiger partial charge in [-0.15, -0.1) is 5.54 Å². The van der Waals surface area contributed by atoms with E-state index in [1.165, 1.54) is 6.07 Å². The highest BCUT2D eigenvalue weighted by atomic mass is 28.3. The molecule has 2 aromatic heterocycles. The second-order valence-electron chi connectivity index (χ2n) is 24.4. The number of carbonyl (C=O) groups excluding carboxylic acids is 1. The van der Waals surface area contributed by atoms with Gasteiger partial charge in [-0.1, -0.05) is 102 Å². The molecular formula is C58H81F3N6O4Si2. The van der Waals surface area contributed by atoms with Crippen molar-refractivity contribution >= 4 is 51.4 Å². The number of aromatic nitrogens is 3. The molecule has 0 aliphatic carbocycles. The molecule has 396 valence electrons. The van der Waals surface area contributed by atoms with Gasteiger partial charge in [-0.3, -0.25) is 9.88 Å². The number of benzene rings is 2. The summed E-state index contributed by atoms with van der Waals surface area (Å²) in [5.41, 5.74) is 4.32. The summed E-state index contributed by atoms with van der Waals surface area (Å²) in [6.45, 7) is 36.4. The minimum Gasteiger partial charge on any atom is -0.540 e. The van der Waals surface area contributed by atoms with E-state index in [-0.39, 0.29) is 62.4 Å². The largest absolute Gasteiger partial charge is 0.540 e. The van der Waals surface area contributed by atoms with E-state index in [4.69, 9.17) is 28.9 Å². The van der Waals surface area contributed by atoms with Gasteiger partial charge in [0.2, 0.25) is 0 Å². The highest BCUT2D eigenvalue weighted by Crippen LogP contribution is 2.50. The Labute approximate surface area is 437 Å².